The van der Waals surface area contributed by atoms with Crippen LogP contribution in [0, 0.1) is 5.39 Å². The Labute approximate surface area is 151 Å². The number of rotatable bonds is 3. The fourth-order valence-electron chi connectivity index (χ4n) is 1.67. The molecule has 0 aliphatic carbocycles. The summed E-state index contributed by atoms with van der Waals surface area (Å²) in [6.45, 7) is 0. The van der Waals surface area contributed by atoms with E-state index in [4.69, 9.17) is 33.3 Å². The number of hydrogen-bond acceptors (Lipinski definition) is 3. The minimum absolute atomic E-state index is 0.251. The van der Waals surface area contributed by atoms with Crippen LogP contribution in [0.25, 0.3) is 4.98 Å². The van der Waals surface area contributed by atoms with Crippen LogP contribution in [0.2, 0.25) is 10.0 Å². The second-order valence-electron chi connectivity index (χ2n) is 4.82. The highest BCUT2D eigenvalue weighted by atomic mass is 35.5. The molecule has 11 heteroatoms. The van der Waals surface area contributed by atoms with Gasteiger partial charge in [0.2, 0.25) is 5.39 Å². The van der Waals surface area contributed by atoms with E-state index in [-0.39, 0.29) is 5.69 Å². The zero-order valence-electron chi connectivity index (χ0n) is 13.1. The zero-order valence-corrected chi connectivity index (χ0v) is 14.6. The normalized spacial score (nSPS) is 10.4. The summed E-state index contributed by atoms with van der Waals surface area (Å²) >= 11 is 11.9. The van der Waals surface area contributed by atoms with Crippen molar-refractivity contribution in [3.05, 3.63) is 51.4 Å². The molecule has 2 rings (SSSR count). The molecule has 0 unspecified atom stereocenters. The van der Waals surface area contributed by atoms with Crippen molar-refractivity contribution in [1.82, 2.24) is 0 Å². The van der Waals surface area contributed by atoms with Crippen molar-refractivity contribution in [2.75, 3.05) is 19.0 Å². The van der Waals surface area contributed by atoms with E-state index in [9.17, 15) is 17.3 Å². The highest BCUT2D eigenvalue weighted by Crippen LogP contribution is 2.39. The highest BCUT2D eigenvalue weighted by Gasteiger charge is 2.21. The number of ether oxygens (including phenoxy) is 1. The summed E-state index contributed by atoms with van der Waals surface area (Å²) in [5.74, 6) is 1.17. The first kappa shape index (κ1) is 20.9. The molecule has 0 radical (unpaired) electrons. The van der Waals surface area contributed by atoms with Gasteiger partial charge in [0.25, 0.3) is 0 Å². The van der Waals surface area contributed by atoms with Crippen molar-refractivity contribution in [3.8, 4) is 11.5 Å². The van der Waals surface area contributed by atoms with Gasteiger partial charge in [-0.1, -0.05) is 23.2 Å². The monoisotopic (exact) mass is 395 g/mol. The minimum atomic E-state index is -6.00. The SMILES string of the molecule is CN(C)c1cc(Cl)c([N+]#N)cc1Oc1ccc(Cl)cc1.F[B-](F)(F)F. The third-order valence-corrected chi connectivity index (χ3v) is 3.21. The maximum absolute atomic E-state index is 9.75. The van der Waals surface area contributed by atoms with Gasteiger partial charge in [0.1, 0.15) is 10.8 Å². The van der Waals surface area contributed by atoms with Crippen LogP contribution in [0.5, 0.6) is 11.5 Å². The first-order valence-corrected chi connectivity index (χ1v) is 7.43. The Bertz CT molecular complexity index is 758. The summed E-state index contributed by atoms with van der Waals surface area (Å²) in [4.78, 5) is 4.99. The summed E-state index contributed by atoms with van der Waals surface area (Å²) in [7, 11) is -2.26. The quantitative estimate of drug-likeness (QED) is 0.332. The molecule has 0 saturated carbocycles. The van der Waals surface area contributed by atoms with Gasteiger partial charge in [-0.3, -0.25) is 0 Å². The maximum atomic E-state index is 9.75. The minimum Gasteiger partial charge on any atom is -0.455 e. The molecule has 0 bridgehead atoms. The first-order chi connectivity index (χ1) is 11.5. The van der Waals surface area contributed by atoms with Gasteiger partial charge in [-0.05, 0) is 30.3 Å². The van der Waals surface area contributed by atoms with E-state index in [1.54, 1.807) is 36.4 Å². The predicted octanol–water partition coefficient (Wildman–Crippen LogP) is 6.64. The number of diazo groups is 1. The summed E-state index contributed by atoms with van der Waals surface area (Å²) in [5, 5.41) is 9.91. The van der Waals surface area contributed by atoms with Crippen molar-refractivity contribution in [2.45, 2.75) is 0 Å². The van der Waals surface area contributed by atoms with E-state index in [2.05, 4.69) is 4.98 Å². The Kier molecular flexibility index (Phi) is 7.33. The predicted molar refractivity (Wildman–Crippen MR) is 92.2 cm³/mol. The molecule has 2 aromatic carbocycles. The van der Waals surface area contributed by atoms with Crippen LogP contribution in [-0.2, 0) is 0 Å². The number of hydrogen-bond donors (Lipinski definition) is 0. The van der Waals surface area contributed by atoms with E-state index in [1.807, 2.05) is 19.0 Å². The van der Waals surface area contributed by atoms with Crippen LogP contribution in [0.4, 0.5) is 28.6 Å². The Morgan fingerprint density at radius 3 is 2.00 bits per heavy atom. The molecule has 0 aromatic heterocycles. The van der Waals surface area contributed by atoms with Crippen molar-refractivity contribution >= 4 is 41.8 Å². The van der Waals surface area contributed by atoms with Crippen LogP contribution in [0.15, 0.2) is 36.4 Å². The van der Waals surface area contributed by atoms with Crippen molar-refractivity contribution in [2.24, 2.45) is 0 Å². The van der Waals surface area contributed by atoms with Crippen LogP contribution < -0.4 is 9.64 Å². The smallest absolute Gasteiger partial charge is 0.455 e. The zero-order chi connectivity index (χ0) is 19.2. The summed E-state index contributed by atoms with van der Waals surface area (Å²) < 4.78 is 44.8. The molecule has 0 heterocycles. The van der Waals surface area contributed by atoms with Crippen LogP contribution in [-0.4, -0.2) is 21.3 Å². The summed E-state index contributed by atoms with van der Waals surface area (Å²) in [6, 6.07) is 10.2. The topological polar surface area (TPSA) is 40.6 Å². The molecule has 2 aromatic rings. The third kappa shape index (κ3) is 7.50. The van der Waals surface area contributed by atoms with E-state index in [1.165, 1.54) is 0 Å². The van der Waals surface area contributed by atoms with Gasteiger partial charge in [-0.15, -0.1) is 0 Å². The van der Waals surface area contributed by atoms with Crippen molar-refractivity contribution < 1.29 is 22.0 Å². The van der Waals surface area contributed by atoms with Crippen LogP contribution >= 0.6 is 23.2 Å². The van der Waals surface area contributed by atoms with Crippen LogP contribution in [0.3, 0.4) is 0 Å². The molecule has 25 heavy (non-hydrogen) atoms. The maximum Gasteiger partial charge on any atom is 0.673 e. The molecule has 134 valence electrons. The molecule has 0 aliphatic rings. The lowest BCUT2D eigenvalue weighted by Crippen LogP contribution is -2.09. The molecule has 4 nitrogen and oxygen atoms in total. The third-order valence-electron chi connectivity index (χ3n) is 2.66. The largest absolute Gasteiger partial charge is 0.673 e. The summed E-state index contributed by atoms with van der Waals surface area (Å²) in [5.41, 5.74) is 1.03. The average Bonchev–Trinajstić information content (AvgIpc) is 2.49. The number of halogens is 6. The Balaban J connectivity index is 0.000000550. The lowest BCUT2D eigenvalue weighted by atomic mass is 10.2. The fraction of sp³-hybridized carbons (Fsp3) is 0.143. The molecule has 0 saturated heterocycles. The molecule has 0 spiro atoms. The molecular formula is C14H12BCl2F4N3O. The molecule has 0 atom stereocenters. The van der Waals surface area contributed by atoms with Crippen LogP contribution in [0.1, 0.15) is 0 Å². The molecule has 0 aliphatic heterocycles. The lowest BCUT2D eigenvalue weighted by molar-refractivity contribution is 0.368. The van der Waals surface area contributed by atoms with E-state index >= 15 is 0 Å². The van der Waals surface area contributed by atoms with Gasteiger partial charge in [-0.25, -0.2) is 0 Å². The Morgan fingerprint density at radius 1 is 1.04 bits per heavy atom. The fourth-order valence-corrected chi connectivity index (χ4v) is 1.99. The first-order valence-electron chi connectivity index (χ1n) is 6.68. The molecule has 0 N–H and O–H groups in total. The van der Waals surface area contributed by atoms with Gasteiger partial charge in [-0.2, -0.15) is 0 Å². The number of nitrogens with zero attached hydrogens (tertiary/aromatic N) is 3. The van der Waals surface area contributed by atoms with E-state index < -0.39 is 7.25 Å². The molecular weight excluding hydrogens is 384 g/mol. The number of benzene rings is 2. The standard InChI is InChI=1S/C14H12Cl2N3O.BF4/c1-19(2)13-7-11(16)12(18-17)8-14(13)20-10-5-3-9(15)4-6-10;2-1(3,4)5/h3-8H,1-2H3;/q+1;-1. The average molecular weight is 396 g/mol. The summed E-state index contributed by atoms with van der Waals surface area (Å²) in [6.07, 6.45) is 0. The van der Waals surface area contributed by atoms with Gasteiger partial charge >= 0.3 is 12.9 Å². The highest BCUT2D eigenvalue weighted by molar-refractivity contribution is 6.50. The second-order valence-corrected chi connectivity index (χ2v) is 5.66. The van der Waals surface area contributed by atoms with Gasteiger partial charge in [0.05, 0.1) is 11.8 Å². The Morgan fingerprint density at radius 2 is 1.56 bits per heavy atom. The van der Waals surface area contributed by atoms with Gasteiger partial charge < -0.3 is 26.9 Å². The van der Waals surface area contributed by atoms with Crippen molar-refractivity contribution in [3.63, 3.8) is 0 Å². The number of anilines is 1. The molecule has 0 amide bonds. The van der Waals surface area contributed by atoms with Crippen molar-refractivity contribution in [1.29, 1.82) is 5.39 Å². The van der Waals surface area contributed by atoms with E-state index in [0.29, 0.717) is 21.5 Å². The van der Waals surface area contributed by atoms with Gasteiger partial charge in [0, 0.05) is 19.1 Å². The molecule has 0 fully saturated rings. The van der Waals surface area contributed by atoms with Gasteiger partial charge in [0.15, 0.2) is 10.7 Å². The van der Waals surface area contributed by atoms with E-state index in [0.717, 1.165) is 5.69 Å². The second kappa shape index (κ2) is 8.78. The lowest BCUT2D eigenvalue weighted by Gasteiger charge is -2.17. The Hall–Kier alpha value is -2.18.